The van der Waals surface area contributed by atoms with Crippen LogP contribution in [0.25, 0.3) is 11.2 Å². The number of benzene rings is 1. The minimum atomic E-state index is -0.467. The summed E-state index contributed by atoms with van der Waals surface area (Å²) in [5.74, 6) is -0.467. The van der Waals surface area contributed by atoms with Crippen LogP contribution >= 0.6 is 0 Å². The molecule has 1 atom stereocenters. The van der Waals surface area contributed by atoms with E-state index >= 15 is 0 Å². The molecule has 1 aliphatic rings. The van der Waals surface area contributed by atoms with Gasteiger partial charge in [-0.3, -0.25) is 14.5 Å². The second-order valence-corrected chi connectivity index (χ2v) is 7.86. The van der Waals surface area contributed by atoms with E-state index in [9.17, 15) is 9.59 Å². The predicted molar refractivity (Wildman–Crippen MR) is 117 cm³/mol. The monoisotopic (exact) mass is 421 g/mol. The van der Waals surface area contributed by atoms with Crippen molar-refractivity contribution >= 4 is 23.0 Å². The number of rotatable bonds is 5. The molecule has 4 rings (SSSR count). The second kappa shape index (κ2) is 9.26. The van der Waals surface area contributed by atoms with Crippen LogP contribution in [0.5, 0.6) is 0 Å². The number of carbonyl (C=O) groups is 2. The second-order valence-electron chi connectivity index (χ2n) is 7.86. The van der Waals surface area contributed by atoms with E-state index in [-0.39, 0.29) is 11.9 Å². The molecule has 1 fully saturated rings. The molecule has 31 heavy (non-hydrogen) atoms. The molecule has 0 bridgehead atoms. The number of nitrogens with zero attached hydrogens (tertiary/aromatic N) is 5. The standard InChI is InChI=1S/C23H27N5O3/c1-26-10-6-11-27(15-20(26)23(30)31-2)22(29)18-13-19-21(24-14-18)28(16-25-19)12-9-17-7-4-3-5-8-17/h3-5,7-8,13-14,16,20H,6,9-12,15H2,1-2H3. The Bertz CT molecular complexity index is 1070. The van der Waals surface area contributed by atoms with Gasteiger partial charge in [-0.05, 0) is 31.5 Å². The lowest BCUT2D eigenvalue weighted by Crippen LogP contribution is -2.46. The molecule has 0 spiro atoms. The third kappa shape index (κ3) is 4.59. The summed E-state index contributed by atoms with van der Waals surface area (Å²) in [4.78, 5) is 37.9. The topological polar surface area (TPSA) is 80.6 Å². The number of pyridine rings is 1. The van der Waals surface area contributed by atoms with E-state index in [4.69, 9.17) is 4.74 Å². The summed E-state index contributed by atoms with van der Waals surface area (Å²) in [6.07, 6.45) is 5.04. The number of fused-ring (bicyclic) bond motifs is 1. The number of amides is 1. The van der Waals surface area contributed by atoms with E-state index in [0.29, 0.717) is 24.2 Å². The molecule has 162 valence electrons. The van der Waals surface area contributed by atoms with E-state index in [1.165, 1.54) is 12.7 Å². The first kappa shape index (κ1) is 21.0. The van der Waals surface area contributed by atoms with Crippen molar-refractivity contribution in [3.05, 3.63) is 60.0 Å². The Morgan fingerprint density at radius 1 is 1.16 bits per heavy atom. The number of carbonyl (C=O) groups excluding carboxylic acids is 2. The molecule has 0 saturated carbocycles. The number of ether oxygens (including phenoxy) is 1. The number of aryl methyl sites for hydroxylation is 2. The highest BCUT2D eigenvalue weighted by Crippen LogP contribution is 2.17. The van der Waals surface area contributed by atoms with Crippen molar-refractivity contribution < 1.29 is 14.3 Å². The zero-order valence-corrected chi connectivity index (χ0v) is 17.9. The Hall–Kier alpha value is -3.26. The zero-order chi connectivity index (χ0) is 21.8. The first-order valence-corrected chi connectivity index (χ1v) is 10.5. The van der Waals surface area contributed by atoms with Gasteiger partial charge < -0.3 is 14.2 Å². The predicted octanol–water partition coefficient (Wildman–Crippen LogP) is 1.99. The van der Waals surface area contributed by atoms with Crippen LogP contribution in [0.1, 0.15) is 22.3 Å². The fraction of sp³-hybridized carbons (Fsp3) is 0.391. The van der Waals surface area contributed by atoms with E-state index < -0.39 is 6.04 Å². The third-order valence-corrected chi connectivity index (χ3v) is 5.81. The van der Waals surface area contributed by atoms with Crippen LogP contribution in [0.3, 0.4) is 0 Å². The van der Waals surface area contributed by atoms with Crippen molar-refractivity contribution in [2.75, 3.05) is 33.8 Å². The average molecular weight is 422 g/mol. The summed E-state index contributed by atoms with van der Waals surface area (Å²) >= 11 is 0. The van der Waals surface area contributed by atoms with E-state index in [2.05, 4.69) is 22.1 Å². The Morgan fingerprint density at radius 3 is 2.74 bits per heavy atom. The van der Waals surface area contributed by atoms with Gasteiger partial charge in [0.25, 0.3) is 5.91 Å². The Labute approximate surface area is 181 Å². The van der Waals surface area contributed by atoms with E-state index in [0.717, 1.165) is 31.6 Å². The van der Waals surface area contributed by atoms with Gasteiger partial charge in [0.1, 0.15) is 11.6 Å². The fourth-order valence-corrected chi connectivity index (χ4v) is 3.99. The molecule has 1 amide bonds. The maximum absolute atomic E-state index is 13.2. The summed E-state index contributed by atoms with van der Waals surface area (Å²) in [5, 5.41) is 0. The molecule has 0 N–H and O–H groups in total. The molecule has 0 aliphatic carbocycles. The van der Waals surface area contributed by atoms with Crippen LogP contribution in [0, 0.1) is 0 Å². The molecule has 8 nitrogen and oxygen atoms in total. The van der Waals surface area contributed by atoms with Gasteiger partial charge in [0.15, 0.2) is 5.65 Å². The summed E-state index contributed by atoms with van der Waals surface area (Å²) in [6.45, 7) is 2.37. The van der Waals surface area contributed by atoms with Gasteiger partial charge in [0.05, 0.1) is 19.0 Å². The normalized spacial score (nSPS) is 17.5. The Morgan fingerprint density at radius 2 is 1.97 bits per heavy atom. The minimum absolute atomic E-state index is 0.141. The summed E-state index contributed by atoms with van der Waals surface area (Å²) in [5.41, 5.74) is 3.18. The molecule has 1 aromatic carbocycles. The highest BCUT2D eigenvalue weighted by molar-refractivity contribution is 5.96. The van der Waals surface area contributed by atoms with Crippen LogP contribution in [0.2, 0.25) is 0 Å². The van der Waals surface area contributed by atoms with Crippen LogP contribution in [-0.4, -0.2) is 76.0 Å². The van der Waals surface area contributed by atoms with Gasteiger partial charge >= 0.3 is 5.97 Å². The van der Waals surface area contributed by atoms with Crippen molar-refractivity contribution in [1.29, 1.82) is 0 Å². The van der Waals surface area contributed by atoms with Gasteiger partial charge in [0, 0.05) is 32.4 Å². The van der Waals surface area contributed by atoms with E-state index in [1.807, 2.05) is 34.7 Å². The largest absolute Gasteiger partial charge is 0.468 e. The highest BCUT2D eigenvalue weighted by Gasteiger charge is 2.31. The lowest BCUT2D eigenvalue weighted by Gasteiger charge is -2.26. The van der Waals surface area contributed by atoms with Crippen molar-refractivity contribution in [2.24, 2.45) is 0 Å². The lowest BCUT2D eigenvalue weighted by atomic mass is 10.1. The SMILES string of the molecule is COC(=O)C1CN(C(=O)c2cnc3c(c2)ncn3CCc2ccccc2)CCCN1C. The van der Waals surface area contributed by atoms with Gasteiger partial charge in [-0.1, -0.05) is 30.3 Å². The highest BCUT2D eigenvalue weighted by atomic mass is 16.5. The Kier molecular flexibility index (Phi) is 6.27. The molecular formula is C23H27N5O3. The molecule has 8 heteroatoms. The van der Waals surface area contributed by atoms with E-state index in [1.54, 1.807) is 23.5 Å². The number of imidazole rings is 1. The van der Waals surface area contributed by atoms with Crippen molar-refractivity contribution in [3.63, 3.8) is 0 Å². The lowest BCUT2D eigenvalue weighted by molar-refractivity contribution is -0.146. The molecule has 3 aromatic rings. The van der Waals surface area contributed by atoms with Crippen LogP contribution in [-0.2, 0) is 22.5 Å². The third-order valence-electron chi connectivity index (χ3n) is 5.81. The molecule has 1 unspecified atom stereocenters. The average Bonchev–Trinajstić information content (AvgIpc) is 3.11. The van der Waals surface area contributed by atoms with Gasteiger partial charge in [0.2, 0.25) is 0 Å². The molecule has 2 aromatic heterocycles. The van der Waals surface area contributed by atoms with Gasteiger partial charge in [-0.15, -0.1) is 0 Å². The number of hydrogen-bond acceptors (Lipinski definition) is 6. The number of methoxy groups -OCH3 is 1. The number of likely N-dealkylation sites (N-methyl/N-ethyl adjacent to an activating group) is 1. The minimum Gasteiger partial charge on any atom is -0.468 e. The quantitative estimate of drug-likeness (QED) is 0.586. The van der Waals surface area contributed by atoms with Crippen LogP contribution < -0.4 is 0 Å². The molecule has 0 radical (unpaired) electrons. The molecule has 1 aliphatic heterocycles. The maximum atomic E-state index is 13.2. The van der Waals surface area contributed by atoms with Gasteiger partial charge in [-0.2, -0.15) is 0 Å². The number of esters is 1. The first-order valence-electron chi connectivity index (χ1n) is 10.5. The summed E-state index contributed by atoms with van der Waals surface area (Å²) in [7, 11) is 3.25. The number of hydrogen-bond donors (Lipinski definition) is 0. The van der Waals surface area contributed by atoms with Crippen molar-refractivity contribution in [2.45, 2.75) is 25.4 Å². The number of aromatic nitrogens is 3. The van der Waals surface area contributed by atoms with Crippen LogP contribution in [0.15, 0.2) is 48.9 Å². The summed E-state index contributed by atoms with van der Waals surface area (Å²) in [6, 6.07) is 11.6. The zero-order valence-electron chi connectivity index (χ0n) is 17.9. The molecule has 1 saturated heterocycles. The van der Waals surface area contributed by atoms with Crippen molar-refractivity contribution in [3.8, 4) is 0 Å². The molecular weight excluding hydrogens is 394 g/mol. The maximum Gasteiger partial charge on any atom is 0.324 e. The van der Waals surface area contributed by atoms with Crippen LogP contribution in [0.4, 0.5) is 0 Å². The molecule has 3 heterocycles. The summed E-state index contributed by atoms with van der Waals surface area (Å²) < 4.78 is 6.93. The first-order chi connectivity index (χ1) is 15.1. The van der Waals surface area contributed by atoms with Gasteiger partial charge in [-0.25, -0.2) is 9.97 Å². The Balaban J connectivity index is 1.50. The smallest absolute Gasteiger partial charge is 0.324 e. The van der Waals surface area contributed by atoms with Crippen molar-refractivity contribution in [1.82, 2.24) is 24.3 Å². The fourth-order valence-electron chi connectivity index (χ4n) is 3.99.